The van der Waals surface area contributed by atoms with Crippen LogP contribution < -0.4 is 5.73 Å². The SMILES string of the molecule is CCCCCCC(N)(CCCCCC)CCCCCC.O=C(O)O. The minimum atomic E-state index is -1.83. The van der Waals surface area contributed by atoms with Crippen molar-refractivity contribution < 1.29 is 15.0 Å². The summed E-state index contributed by atoms with van der Waals surface area (Å²) in [5, 5.41) is 13.9. The maximum Gasteiger partial charge on any atom is 0.503 e. The Morgan fingerprint density at radius 2 is 0.917 bits per heavy atom. The van der Waals surface area contributed by atoms with Crippen LogP contribution in [0.5, 0.6) is 0 Å². The number of carbonyl (C=O) groups is 1. The molecular weight excluding hydrogens is 302 g/mol. The van der Waals surface area contributed by atoms with Crippen molar-refractivity contribution in [2.75, 3.05) is 0 Å². The van der Waals surface area contributed by atoms with Gasteiger partial charge in [-0.25, -0.2) is 4.79 Å². The van der Waals surface area contributed by atoms with Gasteiger partial charge in [0.05, 0.1) is 0 Å². The summed E-state index contributed by atoms with van der Waals surface area (Å²) in [5.74, 6) is 0. The normalized spacial score (nSPS) is 11.0. The highest BCUT2D eigenvalue weighted by molar-refractivity contribution is 5.53. The molecule has 0 radical (unpaired) electrons. The van der Waals surface area contributed by atoms with Crippen molar-refractivity contribution in [1.29, 1.82) is 0 Å². The smallest absolute Gasteiger partial charge is 0.450 e. The van der Waals surface area contributed by atoms with Crippen LogP contribution in [0.3, 0.4) is 0 Å². The summed E-state index contributed by atoms with van der Waals surface area (Å²) in [6, 6.07) is 0. The lowest BCUT2D eigenvalue weighted by atomic mass is 9.83. The van der Waals surface area contributed by atoms with E-state index in [4.69, 9.17) is 20.7 Å². The molecule has 0 saturated carbocycles. The van der Waals surface area contributed by atoms with E-state index in [0.717, 1.165) is 0 Å². The number of carboxylic acid groups (broad SMARTS) is 2. The fourth-order valence-electron chi connectivity index (χ4n) is 3.09. The molecule has 0 aliphatic rings. The molecule has 0 aromatic carbocycles. The molecule has 0 heterocycles. The first kappa shape index (κ1) is 25.5. The van der Waals surface area contributed by atoms with Crippen LogP contribution in [0.2, 0.25) is 0 Å². The van der Waals surface area contributed by atoms with Gasteiger partial charge in [0.1, 0.15) is 0 Å². The molecule has 0 atom stereocenters. The Balaban J connectivity index is 0. The van der Waals surface area contributed by atoms with Gasteiger partial charge in [-0.2, -0.15) is 0 Å². The molecule has 0 bridgehead atoms. The lowest BCUT2D eigenvalue weighted by Crippen LogP contribution is -2.39. The Kier molecular flexibility index (Phi) is 19.7. The monoisotopic (exact) mass is 345 g/mol. The molecule has 0 fully saturated rings. The van der Waals surface area contributed by atoms with E-state index in [1.54, 1.807) is 0 Å². The number of rotatable bonds is 15. The van der Waals surface area contributed by atoms with Crippen LogP contribution in [0.25, 0.3) is 0 Å². The molecule has 0 aromatic heterocycles. The van der Waals surface area contributed by atoms with Crippen molar-refractivity contribution in [1.82, 2.24) is 0 Å². The first-order valence-corrected chi connectivity index (χ1v) is 10.1. The molecule has 0 aliphatic carbocycles. The van der Waals surface area contributed by atoms with Crippen LogP contribution >= 0.6 is 0 Å². The van der Waals surface area contributed by atoms with E-state index in [0.29, 0.717) is 0 Å². The molecule has 0 aliphatic heterocycles. The van der Waals surface area contributed by atoms with Gasteiger partial charge in [-0.3, -0.25) is 0 Å². The molecule has 4 N–H and O–H groups in total. The van der Waals surface area contributed by atoms with Crippen molar-refractivity contribution in [3.63, 3.8) is 0 Å². The summed E-state index contributed by atoms with van der Waals surface area (Å²) in [6.07, 6.45) is 18.2. The molecule has 0 aromatic rings. The third-order valence-electron chi connectivity index (χ3n) is 4.58. The van der Waals surface area contributed by atoms with Gasteiger partial charge >= 0.3 is 6.16 Å². The van der Waals surface area contributed by atoms with E-state index in [1.165, 1.54) is 96.3 Å². The number of unbranched alkanes of at least 4 members (excludes halogenated alkanes) is 9. The fraction of sp³-hybridized carbons (Fsp3) is 0.950. The second kappa shape index (κ2) is 18.6. The van der Waals surface area contributed by atoms with E-state index < -0.39 is 6.16 Å². The van der Waals surface area contributed by atoms with Crippen molar-refractivity contribution >= 4 is 6.16 Å². The van der Waals surface area contributed by atoms with Gasteiger partial charge < -0.3 is 15.9 Å². The molecule has 0 saturated heterocycles. The molecule has 24 heavy (non-hydrogen) atoms. The van der Waals surface area contributed by atoms with Gasteiger partial charge in [0, 0.05) is 5.54 Å². The molecule has 146 valence electrons. The molecule has 4 heteroatoms. The lowest BCUT2D eigenvalue weighted by molar-refractivity contribution is 0.137. The number of hydrogen-bond donors (Lipinski definition) is 3. The van der Waals surface area contributed by atoms with E-state index in [-0.39, 0.29) is 5.54 Å². The number of nitrogens with two attached hydrogens (primary N) is 1. The fourth-order valence-corrected chi connectivity index (χ4v) is 3.09. The van der Waals surface area contributed by atoms with Crippen LogP contribution in [0.4, 0.5) is 4.79 Å². The lowest BCUT2D eigenvalue weighted by Gasteiger charge is -2.30. The van der Waals surface area contributed by atoms with Gasteiger partial charge in [-0.1, -0.05) is 97.8 Å². The highest BCUT2D eigenvalue weighted by atomic mass is 16.6. The Hall–Kier alpha value is -0.770. The van der Waals surface area contributed by atoms with Gasteiger partial charge in [0.2, 0.25) is 0 Å². The molecular formula is C20H43NO3. The van der Waals surface area contributed by atoms with Crippen molar-refractivity contribution in [2.45, 2.75) is 123 Å². The Morgan fingerprint density at radius 1 is 0.667 bits per heavy atom. The highest BCUT2D eigenvalue weighted by Crippen LogP contribution is 2.26. The van der Waals surface area contributed by atoms with Gasteiger partial charge in [0.25, 0.3) is 0 Å². The zero-order chi connectivity index (χ0) is 18.7. The molecule has 0 spiro atoms. The standard InChI is InChI=1S/C19H41N.CH2O3/c1-4-7-10-13-16-19(20,17-14-11-8-5-2)18-15-12-9-6-3;2-1(3)4/h4-18,20H2,1-3H3;(H2,2,3,4). The topological polar surface area (TPSA) is 83.6 Å². The second-order valence-electron chi connectivity index (χ2n) is 7.08. The largest absolute Gasteiger partial charge is 0.503 e. The Labute approximate surface area is 150 Å². The van der Waals surface area contributed by atoms with E-state index in [9.17, 15) is 0 Å². The molecule has 4 nitrogen and oxygen atoms in total. The molecule has 0 unspecified atom stereocenters. The third-order valence-corrected chi connectivity index (χ3v) is 4.58. The number of hydrogen-bond acceptors (Lipinski definition) is 2. The molecule has 0 rings (SSSR count). The Morgan fingerprint density at radius 3 is 1.12 bits per heavy atom. The van der Waals surface area contributed by atoms with E-state index >= 15 is 0 Å². The summed E-state index contributed by atoms with van der Waals surface area (Å²) >= 11 is 0. The minimum Gasteiger partial charge on any atom is -0.450 e. The van der Waals surface area contributed by atoms with Crippen LogP contribution in [0.1, 0.15) is 117 Å². The summed E-state index contributed by atoms with van der Waals surface area (Å²) in [7, 11) is 0. The second-order valence-corrected chi connectivity index (χ2v) is 7.08. The quantitative estimate of drug-likeness (QED) is 0.284. The van der Waals surface area contributed by atoms with Crippen molar-refractivity contribution in [3.05, 3.63) is 0 Å². The summed E-state index contributed by atoms with van der Waals surface area (Å²) in [4.78, 5) is 8.56. The van der Waals surface area contributed by atoms with Crippen LogP contribution in [0.15, 0.2) is 0 Å². The first-order chi connectivity index (χ1) is 11.4. The maximum atomic E-state index is 8.56. The van der Waals surface area contributed by atoms with Crippen LogP contribution in [-0.2, 0) is 0 Å². The van der Waals surface area contributed by atoms with E-state index in [2.05, 4.69) is 20.8 Å². The van der Waals surface area contributed by atoms with Gasteiger partial charge in [0.15, 0.2) is 0 Å². The third kappa shape index (κ3) is 21.2. The minimum absolute atomic E-state index is 0.148. The highest BCUT2D eigenvalue weighted by Gasteiger charge is 2.23. The van der Waals surface area contributed by atoms with Crippen molar-refractivity contribution in [2.24, 2.45) is 5.73 Å². The van der Waals surface area contributed by atoms with Crippen LogP contribution in [0, 0.1) is 0 Å². The maximum absolute atomic E-state index is 8.56. The summed E-state index contributed by atoms with van der Waals surface area (Å²) in [5.41, 5.74) is 6.89. The van der Waals surface area contributed by atoms with E-state index in [1.807, 2.05) is 0 Å². The van der Waals surface area contributed by atoms with Gasteiger partial charge in [-0.05, 0) is 19.3 Å². The Bertz CT molecular complexity index is 234. The van der Waals surface area contributed by atoms with Crippen LogP contribution in [-0.4, -0.2) is 21.9 Å². The van der Waals surface area contributed by atoms with Crippen molar-refractivity contribution in [3.8, 4) is 0 Å². The molecule has 0 amide bonds. The zero-order valence-corrected chi connectivity index (χ0v) is 16.5. The van der Waals surface area contributed by atoms with Gasteiger partial charge in [-0.15, -0.1) is 0 Å². The summed E-state index contributed by atoms with van der Waals surface area (Å²) in [6.45, 7) is 6.85. The summed E-state index contributed by atoms with van der Waals surface area (Å²) < 4.78 is 0. The predicted molar refractivity (Wildman–Crippen MR) is 104 cm³/mol. The average molecular weight is 346 g/mol. The predicted octanol–water partition coefficient (Wildman–Crippen LogP) is 6.82. The first-order valence-electron chi connectivity index (χ1n) is 10.1. The average Bonchev–Trinajstić information content (AvgIpc) is 2.52. The zero-order valence-electron chi connectivity index (χ0n) is 16.5.